The molecule has 0 saturated carbocycles. The molecule has 0 bridgehead atoms. The molecular formula is C30H35F2N5O2. The number of aryl methyl sites for hydroxylation is 1. The zero-order valence-corrected chi connectivity index (χ0v) is 23.3. The first kappa shape index (κ1) is 27.0. The van der Waals surface area contributed by atoms with E-state index in [1.54, 1.807) is 36.9 Å². The number of nitrogens with zero attached hydrogens (tertiary/aromatic N) is 4. The number of fused-ring (bicyclic) bond motifs is 1. The minimum atomic E-state index is -1.01. The molecule has 2 aromatic carbocycles. The van der Waals surface area contributed by atoms with E-state index in [0.717, 1.165) is 37.7 Å². The highest BCUT2D eigenvalue weighted by Gasteiger charge is 2.42. The fourth-order valence-corrected chi connectivity index (χ4v) is 5.43. The Morgan fingerprint density at radius 3 is 2.49 bits per heavy atom. The lowest BCUT2D eigenvalue weighted by molar-refractivity contribution is -0.133. The third-order valence-corrected chi connectivity index (χ3v) is 7.55. The van der Waals surface area contributed by atoms with Crippen LogP contribution in [0.2, 0.25) is 0 Å². The molecule has 0 spiro atoms. The van der Waals surface area contributed by atoms with Gasteiger partial charge in [-0.2, -0.15) is 0 Å². The monoisotopic (exact) mass is 535 g/mol. The summed E-state index contributed by atoms with van der Waals surface area (Å²) >= 11 is 0. The van der Waals surface area contributed by atoms with Gasteiger partial charge in [0.05, 0.1) is 11.9 Å². The molecule has 3 aromatic rings. The van der Waals surface area contributed by atoms with Crippen molar-refractivity contribution in [3.8, 4) is 17.0 Å². The van der Waals surface area contributed by atoms with E-state index in [1.165, 1.54) is 6.07 Å². The Balaban J connectivity index is 1.45. The Bertz CT molecular complexity index is 1420. The predicted molar refractivity (Wildman–Crippen MR) is 149 cm³/mol. The summed E-state index contributed by atoms with van der Waals surface area (Å²) in [5.74, 6) is -0.125. The van der Waals surface area contributed by atoms with Crippen LogP contribution in [0.3, 0.4) is 0 Å². The predicted octanol–water partition coefficient (Wildman–Crippen LogP) is 6.20. The lowest BCUT2D eigenvalue weighted by Gasteiger charge is -2.41. The van der Waals surface area contributed by atoms with Crippen molar-refractivity contribution >= 4 is 23.2 Å². The third-order valence-electron chi connectivity index (χ3n) is 7.55. The Morgan fingerprint density at radius 1 is 1.10 bits per heavy atom. The second-order valence-corrected chi connectivity index (χ2v) is 11.4. The van der Waals surface area contributed by atoms with Crippen molar-refractivity contribution in [3.05, 3.63) is 59.3 Å². The maximum atomic E-state index is 15.0. The van der Waals surface area contributed by atoms with Crippen LogP contribution in [0.25, 0.3) is 11.3 Å². The summed E-state index contributed by atoms with van der Waals surface area (Å²) in [7, 11) is 2.08. The van der Waals surface area contributed by atoms with Gasteiger partial charge in [-0.1, -0.05) is 6.07 Å². The standard InChI is InChI=1S/C30H35F2N5O2/c1-17(2)37-25-14-20(13-18(3)27(25)39-30(4,5)28(37)38)26-24(32)16-33-29(35-26)34-21-7-8-22(23(31)15-21)19-9-11-36(6)12-10-19/h7-8,13-17,19H,9-12H2,1-6H3,(H,33,34,35). The summed E-state index contributed by atoms with van der Waals surface area (Å²) in [4.78, 5) is 25.6. The smallest absolute Gasteiger partial charge is 0.270 e. The molecule has 0 radical (unpaired) electrons. The van der Waals surface area contributed by atoms with Gasteiger partial charge in [0.1, 0.15) is 17.3 Å². The molecule has 0 aliphatic carbocycles. The molecule has 0 atom stereocenters. The summed E-state index contributed by atoms with van der Waals surface area (Å²) in [6, 6.07) is 8.43. The van der Waals surface area contributed by atoms with Crippen molar-refractivity contribution in [2.24, 2.45) is 0 Å². The van der Waals surface area contributed by atoms with Gasteiger partial charge in [0, 0.05) is 17.3 Å². The summed E-state index contributed by atoms with van der Waals surface area (Å²) in [5.41, 5.74) is 2.07. The van der Waals surface area contributed by atoms with Gasteiger partial charge in [-0.3, -0.25) is 4.79 Å². The van der Waals surface area contributed by atoms with E-state index in [0.29, 0.717) is 28.3 Å². The van der Waals surface area contributed by atoms with Gasteiger partial charge < -0.3 is 19.9 Å². The fourth-order valence-electron chi connectivity index (χ4n) is 5.43. The SMILES string of the molecule is Cc1cc(-c2nc(Nc3ccc(C4CCN(C)CC4)c(F)c3)ncc2F)cc2c1OC(C)(C)C(=O)N2C(C)C. The van der Waals surface area contributed by atoms with Crippen molar-refractivity contribution < 1.29 is 18.3 Å². The van der Waals surface area contributed by atoms with Gasteiger partial charge in [0.25, 0.3) is 5.91 Å². The quantitative estimate of drug-likeness (QED) is 0.420. The third kappa shape index (κ3) is 5.20. The molecule has 206 valence electrons. The number of hydrogen-bond acceptors (Lipinski definition) is 6. The van der Waals surface area contributed by atoms with E-state index in [2.05, 4.69) is 27.2 Å². The molecular weight excluding hydrogens is 500 g/mol. The Morgan fingerprint density at radius 2 is 1.82 bits per heavy atom. The normalized spacial score (nSPS) is 17.8. The van der Waals surface area contributed by atoms with E-state index >= 15 is 8.78 Å². The Kier molecular flexibility index (Phi) is 7.05. The van der Waals surface area contributed by atoms with Crippen molar-refractivity contribution in [3.63, 3.8) is 0 Å². The highest BCUT2D eigenvalue weighted by Crippen LogP contribution is 2.44. The van der Waals surface area contributed by atoms with Crippen LogP contribution in [0.5, 0.6) is 5.75 Å². The van der Waals surface area contributed by atoms with E-state index in [4.69, 9.17) is 4.74 Å². The first-order valence-corrected chi connectivity index (χ1v) is 13.4. The Labute approximate surface area is 228 Å². The average molecular weight is 536 g/mol. The maximum Gasteiger partial charge on any atom is 0.270 e. The van der Waals surface area contributed by atoms with Crippen LogP contribution < -0.4 is 15.0 Å². The van der Waals surface area contributed by atoms with Crippen molar-refractivity contribution in [2.75, 3.05) is 30.4 Å². The molecule has 2 aliphatic rings. The molecule has 5 rings (SSSR count). The first-order valence-electron chi connectivity index (χ1n) is 13.4. The molecule has 1 N–H and O–H groups in total. The van der Waals surface area contributed by atoms with Crippen molar-refractivity contribution in [2.45, 2.75) is 65.0 Å². The van der Waals surface area contributed by atoms with E-state index in [-0.39, 0.29) is 35.3 Å². The minimum absolute atomic E-state index is 0.0720. The molecule has 1 aromatic heterocycles. The average Bonchev–Trinajstić information content (AvgIpc) is 2.87. The number of halogens is 2. The van der Waals surface area contributed by atoms with Crippen molar-refractivity contribution in [1.29, 1.82) is 0 Å². The fraction of sp³-hybridized carbons (Fsp3) is 0.433. The highest BCUT2D eigenvalue weighted by molar-refractivity contribution is 6.03. The van der Waals surface area contributed by atoms with Gasteiger partial charge in [-0.05, 0) is 109 Å². The number of amides is 1. The molecule has 1 amide bonds. The first-order chi connectivity index (χ1) is 18.4. The number of rotatable bonds is 5. The number of aromatic nitrogens is 2. The van der Waals surface area contributed by atoms with Gasteiger partial charge >= 0.3 is 0 Å². The van der Waals surface area contributed by atoms with Gasteiger partial charge in [-0.25, -0.2) is 18.7 Å². The number of likely N-dealkylation sites (tertiary alicyclic amines) is 1. The number of piperidine rings is 1. The lowest BCUT2D eigenvalue weighted by atomic mass is 9.89. The number of hydrogen-bond donors (Lipinski definition) is 1. The van der Waals surface area contributed by atoms with Gasteiger partial charge in [0.2, 0.25) is 5.95 Å². The molecule has 0 unspecified atom stereocenters. The van der Waals surface area contributed by atoms with Gasteiger partial charge in [-0.15, -0.1) is 0 Å². The number of anilines is 3. The lowest BCUT2D eigenvalue weighted by Crippen LogP contribution is -2.55. The molecule has 1 fully saturated rings. The van der Waals surface area contributed by atoms with Crippen molar-refractivity contribution in [1.82, 2.24) is 14.9 Å². The molecule has 7 nitrogen and oxygen atoms in total. The van der Waals surface area contributed by atoms with E-state index in [1.807, 2.05) is 26.8 Å². The van der Waals surface area contributed by atoms with Crippen LogP contribution >= 0.6 is 0 Å². The van der Waals surface area contributed by atoms with Crippen LogP contribution in [0.15, 0.2) is 36.5 Å². The Hall–Kier alpha value is -3.59. The zero-order chi connectivity index (χ0) is 28.1. The summed E-state index contributed by atoms with van der Waals surface area (Å²) in [6.45, 7) is 11.1. The molecule has 1 saturated heterocycles. The largest absolute Gasteiger partial charge is 0.476 e. The topological polar surface area (TPSA) is 70.6 Å². The van der Waals surface area contributed by atoms with E-state index in [9.17, 15) is 4.79 Å². The van der Waals surface area contributed by atoms with E-state index < -0.39 is 11.4 Å². The summed E-state index contributed by atoms with van der Waals surface area (Å²) in [6.07, 6.45) is 2.94. The van der Waals surface area contributed by atoms with Crippen LogP contribution in [0, 0.1) is 18.6 Å². The minimum Gasteiger partial charge on any atom is -0.476 e. The molecule has 9 heteroatoms. The van der Waals surface area contributed by atoms with Crippen LogP contribution in [-0.4, -0.2) is 52.6 Å². The van der Waals surface area contributed by atoms with Crippen LogP contribution in [0.4, 0.5) is 26.1 Å². The molecule has 2 aliphatic heterocycles. The maximum absolute atomic E-state index is 15.0. The van der Waals surface area contributed by atoms with Gasteiger partial charge in [0.15, 0.2) is 11.4 Å². The van der Waals surface area contributed by atoms with Crippen LogP contribution in [-0.2, 0) is 4.79 Å². The summed E-state index contributed by atoms with van der Waals surface area (Å²) < 4.78 is 36.1. The number of benzene rings is 2. The second kappa shape index (κ2) is 10.2. The second-order valence-electron chi connectivity index (χ2n) is 11.4. The summed E-state index contributed by atoms with van der Waals surface area (Å²) in [5, 5.41) is 3.01. The number of carbonyl (C=O) groups is 1. The van der Waals surface area contributed by atoms with Crippen LogP contribution in [0.1, 0.15) is 57.6 Å². The number of ether oxygens (including phenoxy) is 1. The number of nitrogens with one attached hydrogen (secondary N) is 1. The molecule has 3 heterocycles. The highest BCUT2D eigenvalue weighted by atomic mass is 19.1. The number of carbonyl (C=O) groups excluding carboxylic acids is 1. The molecule has 39 heavy (non-hydrogen) atoms. The zero-order valence-electron chi connectivity index (χ0n) is 23.3.